The number of aliphatic hydroxyl groups excluding tert-OH is 1. The molecule has 2 fully saturated rings. The lowest BCUT2D eigenvalue weighted by Gasteiger charge is -2.28. The summed E-state index contributed by atoms with van der Waals surface area (Å²) in [6, 6.07) is 10.3. The summed E-state index contributed by atoms with van der Waals surface area (Å²) >= 11 is 0. The number of nitrogens with one attached hydrogen (secondary N) is 2. The van der Waals surface area contributed by atoms with E-state index in [-0.39, 0.29) is 6.10 Å². The lowest BCUT2D eigenvalue weighted by Crippen LogP contribution is -2.34. The maximum absolute atomic E-state index is 10.2. The number of anilines is 2. The Bertz CT molecular complexity index is 923. The number of aliphatic hydroxyl groups is 1. The number of H-pyrrole nitrogens is 1. The van der Waals surface area contributed by atoms with Crippen LogP contribution >= 0.6 is 0 Å². The van der Waals surface area contributed by atoms with Crippen LogP contribution in [-0.2, 0) is 0 Å². The van der Waals surface area contributed by atoms with E-state index in [9.17, 15) is 5.11 Å². The van der Waals surface area contributed by atoms with Gasteiger partial charge in [0.1, 0.15) is 5.82 Å². The number of rotatable bonds is 3. The fourth-order valence-corrected chi connectivity index (χ4v) is 4.63. The van der Waals surface area contributed by atoms with E-state index in [1.165, 1.54) is 0 Å². The number of pyridine rings is 1. The van der Waals surface area contributed by atoms with Crippen LogP contribution in [0.15, 0.2) is 36.5 Å². The molecule has 0 spiro atoms. The molecule has 2 heterocycles. The number of aromatic amines is 1. The van der Waals surface area contributed by atoms with Crippen LogP contribution in [0.3, 0.4) is 0 Å². The Labute approximate surface area is 145 Å². The van der Waals surface area contributed by atoms with Crippen molar-refractivity contribution >= 4 is 22.4 Å². The average molecular weight is 335 g/mol. The Morgan fingerprint density at radius 1 is 1.16 bits per heavy atom. The quantitative estimate of drug-likeness (QED) is 0.590. The highest BCUT2D eigenvalue weighted by molar-refractivity contribution is 5.95. The third kappa shape index (κ3) is 2.44. The summed E-state index contributed by atoms with van der Waals surface area (Å²) in [6.45, 7) is 0. The van der Waals surface area contributed by atoms with Crippen LogP contribution in [0.25, 0.3) is 22.2 Å². The predicted molar refractivity (Wildman–Crippen MR) is 98.0 cm³/mol. The van der Waals surface area contributed by atoms with Crippen molar-refractivity contribution in [3.63, 3.8) is 0 Å². The zero-order chi connectivity index (χ0) is 17.0. The summed E-state index contributed by atoms with van der Waals surface area (Å²) < 4.78 is 0. The van der Waals surface area contributed by atoms with Crippen molar-refractivity contribution in [2.45, 2.75) is 31.4 Å². The van der Waals surface area contributed by atoms with Crippen LogP contribution in [0.1, 0.15) is 19.3 Å². The molecule has 5 N–H and O–H groups in total. The number of nitrogen functional groups attached to an aromatic ring is 1. The topological polar surface area (TPSA) is 99.9 Å². The monoisotopic (exact) mass is 335 g/mol. The summed E-state index contributed by atoms with van der Waals surface area (Å²) in [5, 5.41) is 21.9. The first kappa shape index (κ1) is 14.7. The Morgan fingerprint density at radius 3 is 2.84 bits per heavy atom. The van der Waals surface area contributed by atoms with E-state index in [1.807, 2.05) is 18.2 Å². The molecule has 4 atom stereocenters. The summed E-state index contributed by atoms with van der Waals surface area (Å²) in [6.07, 6.45) is 4.77. The minimum absolute atomic E-state index is 0.173. The van der Waals surface area contributed by atoms with Gasteiger partial charge in [0, 0.05) is 40.9 Å². The van der Waals surface area contributed by atoms with Crippen molar-refractivity contribution in [1.82, 2.24) is 15.2 Å². The number of aromatic nitrogens is 3. The summed E-state index contributed by atoms with van der Waals surface area (Å²) in [7, 11) is 0. The van der Waals surface area contributed by atoms with Gasteiger partial charge in [-0.2, -0.15) is 5.10 Å². The molecule has 128 valence electrons. The van der Waals surface area contributed by atoms with Gasteiger partial charge in [-0.1, -0.05) is 12.1 Å². The van der Waals surface area contributed by atoms with Gasteiger partial charge in [0.05, 0.1) is 17.3 Å². The number of hydrogen-bond acceptors (Lipinski definition) is 5. The first-order valence-electron chi connectivity index (χ1n) is 8.82. The van der Waals surface area contributed by atoms with E-state index >= 15 is 0 Å². The van der Waals surface area contributed by atoms with E-state index in [0.29, 0.717) is 23.7 Å². The molecule has 2 saturated carbocycles. The molecule has 6 heteroatoms. The average Bonchev–Trinajstić information content (AvgIpc) is 3.30. The highest BCUT2D eigenvalue weighted by Gasteiger charge is 2.45. The maximum Gasteiger partial charge on any atom is 0.126 e. The molecule has 0 radical (unpaired) electrons. The van der Waals surface area contributed by atoms with Gasteiger partial charge < -0.3 is 16.2 Å². The zero-order valence-corrected chi connectivity index (χ0v) is 13.8. The smallest absolute Gasteiger partial charge is 0.126 e. The minimum Gasteiger partial charge on any atom is -0.393 e. The standard InChI is InChI=1S/C19H21N5O/c20-19-9-17(22-15-6-10-5-13(15)18(25)7-10)12-2-1-11(8-16(12)23-19)14-3-4-21-24-14/h1-4,8-10,13,15,18,25H,5-7H2,(H,21,24)(H3,20,22,23). The summed E-state index contributed by atoms with van der Waals surface area (Å²) in [4.78, 5) is 4.50. The second-order valence-corrected chi connectivity index (χ2v) is 7.35. The molecule has 0 aliphatic heterocycles. The third-order valence-corrected chi connectivity index (χ3v) is 5.76. The Balaban J connectivity index is 1.52. The summed E-state index contributed by atoms with van der Waals surface area (Å²) in [5.41, 5.74) is 9.90. The van der Waals surface area contributed by atoms with Gasteiger partial charge in [-0.3, -0.25) is 5.10 Å². The molecular formula is C19H21N5O. The zero-order valence-electron chi connectivity index (χ0n) is 13.8. The number of benzene rings is 1. The third-order valence-electron chi connectivity index (χ3n) is 5.76. The number of nitrogens with zero attached hydrogens (tertiary/aromatic N) is 2. The maximum atomic E-state index is 10.2. The second-order valence-electron chi connectivity index (χ2n) is 7.35. The molecule has 6 nitrogen and oxygen atoms in total. The van der Waals surface area contributed by atoms with Crippen molar-refractivity contribution < 1.29 is 5.11 Å². The van der Waals surface area contributed by atoms with E-state index < -0.39 is 0 Å². The van der Waals surface area contributed by atoms with Gasteiger partial charge in [-0.25, -0.2) is 4.98 Å². The van der Waals surface area contributed by atoms with Crippen LogP contribution in [-0.4, -0.2) is 32.4 Å². The number of hydrogen-bond donors (Lipinski definition) is 4. The highest BCUT2D eigenvalue weighted by atomic mass is 16.3. The number of fused-ring (bicyclic) bond motifs is 3. The van der Waals surface area contributed by atoms with Crippen molar-refractivity contribution in [1.29, 1.82) is 0 Å². The van der Waals surface area contributed by atoms with Gasteiger partial charge in [0.25, 0.3) is 0 Å². The summed E-state index contributed by atoms with van der Waals surface area (Å²) in [5.74, 6) is 1.49. The Kier molecular flexibility index (Phi) is 3.21. The molecular weight excluding hydrogens is 314 g/mol. The Hall–Kier alpha value is -2.60. The normalized spacial score (nSPS) is 27.9. The minimum atomic E-state index is -0.173. The molecule has 4 unspecified atom stereocenters. The van der Waals surface area contributed by atoms with Crippen LogP contribution in [0.4, 0.5) is 11.5 Å². The highest BCUT2D eigenvalue weighted by Crippen LogP contribution is 2.46. The van der Waals surface area contributed by atoms with Crippen LogP contribution < -0.4 is 11.1 Å². The molecule has 2 bridgehead atoms. The lowest BCUT2D eigenvalue weighted by molar-refractivity contribution is 0.107. The molecule has 3 aromatic rings. The number of nitrogens with two attached hydrogens (primary N) is 1. The van der Waals surface area contributed by atoms with Crippen LogP contribution in [0.2, 0.25) is 0 Å². The van der Waals surface area contributed by atoms with Crippen LogP contribution in [0.5, 0.6) is 0 Å². The van der Waals surface area contributed by atoms with Gasteiger partial charge in [-0.15, -0.1) is 0 Å². The van der Waals surface area contributed by atoms with E-state index in [0.717, 1.165) is 47.1 Å². The van der Waals surface area contributed by atoms with E-state index in [1.54, 1.807) is 6.20 Å². The molecule has 2 aliphatic carbocycles. The molecule has 0 amide bonds. The largest absolute Gasteiger partial charge is 0.393 e. The molecule has 25 heavy (non-hydrogen) atoms. The van der Waals surface area contributed by atoms with E-state index in [2.05, 4.69) is 32.6 Å². The predicted octanol–water partition coefficient (Wildman–Crippen LogP) is 2.78. The van der Waals surface area contributed by atoms with Crippen molar-refractivity contribution in [3.05, 3.63) is 36.5 Å². The first-order chi connectivity index (χ1) is 12.2. The SMILES string of the molecule is Nc1cc(NC2CC3CC(O)C2C3)c2ccc(-c3ccn[nH]3)cc2n1. The molecule has 5 rings (SSSR count). The van der Waals surface area contributed by atoms with E-state index in [4.69, 9.17) is 5.73 Å². The molecule has 1 aromatic carbocycles. The molecule has 2 aliphatic rings. The van der Waals surface area contributed by atoms with Gasteiger partial charge in [0.2, 0.25) is 0 Å². The lowest BCUT2D eigenvalue weighted by atomic mass is 9.92. The van der Waals surface area contributed by atoms with Crippen LogP contribution in [0, 0.1) is 11.8 Å². The van der Waals surface area contributed by atoms with Crippen molar-refractivity contribution in [2.24, 2.45) is 11.8 Å². The molecule has 0 saturated heterocycles. The fraction of sp³-hybridized carbons (Fsp3) is 0.368. The van der Waals surface area contributed by atoms with Crippen molar-refractivity contribution in [3.8, 4) is 11.3 Å². The van der Waals surface area contributed by atoms with Crippen molar-refractivity contribution in [2.75, 3.05) is 11.1 Å². The Morgan fingerprint density at radius 2 is 2.08 bits per heavy atom. The van der Waals surface area contributed by atoms with Gasteiger partial charge >= 0.3 is 0 Å². The second kappa shape index (κ2) is 5.46. The fourth-order valence-electron chi connectivity index (χ4n) is 4.63. The van der Waals surface area contributed by atoms with Gasteiger partial charge in [-0.05, 0) is 37.3 Å². The van der Waals surface area contributed by atoms with Gasteiger partial charge in [0.15, 0.2) is 0 Å². The first-order valence-corrected chi connectivity index (χ1v) is 8.82. The molecule has 2 aromatic heterocycles.